The Balaban J connectivity index is 2.05. The van der Waals surface area contributed by atoms with Crippen LogP contribution in [-0.4, -0.2) is 6.29 Å². The molecule has 0 aromatic carbocycles. The third kappa shape index (κ3) is 1.85. The van der Waals surface area contributed by atoms with E-state index in [0.717, 1.165) is 42.5 Å². The fourth-order valence-electron chi connectivity index (χ4n) is 4.02. The van der Waals surface area contributed by atoms with Crippen LogP contribution in [0.3, 0.4) is 0 Å². The molecule has 0 amide bonds. The van der Waals surface area contributed by atoms with E-state index in [1.165, 1.54) is 19.3 Å². The zero-order valence-corrected chi connectivity index (χ0v) is 10.8. The normalized spacial score (nSPS) is 36.7. The van der Waals surface area contributed by atoms with Crippen LogP contribution in [0.2, 0.25) is 0 Å². The Bertz CT molecular complexity index is 301. The van der Waals surface area contributed by atoms with Gasteiger partial charge >= 0.3 is 0 Å². The highest BCUT2D eigenvalue weighted by Crippen LogP contribution is 2.60. The highest BCUT2D eigenvalue weighted by atomic mass is 16.1. The number of hydrogen-bond donors (Lipinski definition) is 0. The van der Waals surface area contributed by atoms with E-state index in [4.69, 9.17) is 0 Å². The lowest BCUT2D eigenvalue weighted by molar-refractivity contribution is -0.105. The molecule has 0 aromatic heterocycles. The van der Waals surface area contributed by atoms with E-state index in [1.807, 2.05) is 0 Å². The molecule has 2 saturated carbocycles. The van der Waals surface area contributed by atoms with Crippen LogP contribution < -0.4 is 0 Å². The van der Waals surface area contributed by atoms with Crippen LogP contribution in [0.1, 0.15) is 52.9 Å². The lowest BCUT2D eigenvalue weighted by Crippen LogP contribution is -2.30. The second kappa shape index (κ2) is 4.35. The van der Waals surface area contributed by atoms with Crippen LogP contribution in [0.4, 0.5) is 0 Å². The first-order chi connectivity index (χ1) is 7.59. The summed E-state index contributed by atoms with van der Waals surface area (Å²) in [4.78, 5) is 10.8. The van der Waals surface area contributed by atoms with Gasteiger partial charge in [0.2, 0.25) is 0 Å². The van der Waals surface area contributed by atoms with Crippen molar-refractivity contribution in [2.75, 3.05) is 0 Å². The maximum Gasteiger partial charge on any atom is 0.145 e. The Morgan fingerprint density at radius 2 is 2.12 bits per heavy atom. The molecule has 0 spiro atoms. The summed E-state index contributed by atoms with van der Waals surface area (Å²) < 4.78 is 0. The van der Waals surface area contributed by atoms with Crippen LogP contribution in [-0.2, 0) is 4.79 Å². The van der Waals surface area contributed by atoms with E-state index in [2.05, 4.69) is 26.8 Å². The predicted octanol–water partition coefficient (Wildman–Crippen LogP) is 3.98. The van der Waals surface area contributed by atoms with Gasteiger partial charge in [-0.1, -0.05) is 26.8 Å². The summed E-state index contributed by atoms with van der Waals surface area (Å²) in [6, 6.07) is 0. The van der Waals surface area contributed by atoms with Crippen LogP contribution in [0.25, 0.3) is 0 Å². The standard InChI is InChI=1S/C15H24O/c1-4-11(10-16)5-8-14-12-6-7-13(9-12)15(14,2)3/h5,10,12-14H,4,6-9H2,1-3H3/b11-5+. The summed E-state index contributed by atoms with van der Waals surface area (Å²) in [5.41, 5.74) is 1.49. The summed E-state index contributed by atoms with van der Waals surface area (Å²) >= 11 is 0. The molecule has 2 aliphatic carbocycles. The number of allylic oxidation sites excluding steroid dienone is 2. The summed E-state index contributed by atoms with van der Waals surface area (Å²) in [6.45, 7) is 6.93. The molecule has 1 nitrogen and oxygen atoms in total. The number of carbonyl (C=O) groups excluding carboxylic acids is 1. The monoisotopic (exact) mass is 220 g/mol. The van der Waals surface area contributed by atoms with Crippen molar-refractivity contribution in [3.05, 3.63) is 11.6 Å². The first-order valence-corrected chi connectivity index (χ1v) is 6.73. The molecular formula is C15H24O. The quantitative estimate of drug-likeness (QED) is 0.517. The highest BCUT2D eigenvalue weighted by molar-refractivity contribution is 5.72. The number of fused-ring (bicyclic) bond motifs is 2. The van der Waals surface area contributed by atoms with E-state index >= 15 is 0 Å². The Hall–Kier alpha value is -0.590. The van der Waals surface area contributed by atoms with Crippen molar-refractivity contribution >= 4 is 6.29 Å². The van der Waals surface area contributed by atoms with Gasteiger partial charge in [0.25, 0.3) is 0 Å². The van der Waals surface area contributed by atoms with Crippen LogP contribution in [0.15, 0.2) is 11.6 Å². The number of carbonyl (C=O) groups is 1. The second-order valence-corrected chi connectivity index (χ2v) is 6.18. The van der Waals surface area contributed by atoms with E-state index in [9.17, 15) is 4.79 Å². The molecule has 2 fully saturated rings. The Morgan fingerprint density at radius 1 is 1.38 bits per heavy atom. The number of aldehydes is 1. The zero-order valence-electron chi connectivity index (χ0n) is 10.8. The molecule has 16 heavy (non-hydrogen) atoms. The number of hydrogen-bond acceptors (Lipinski definition) is 1. The Kier molecular flexibility index (Phi) is 3.23. The molecule has 90 valence electrons. The topological polar surface area (TPSA) is 17.1 Å². The van der Waals surface area contributed by atoms with E-state index in [-0.39, 0.29) is 0 Å². The van der Waals surface area contributed by atoms with Crippen molar-refractivity contribution in [2.45, 2.75) is 52.9 Å². The lowest BCUT2D eigenvalue weighted by atomic mass is 9.67. The zero-order chi connectivity index (χ0) is 11.8. The first-order valence-electron chi connectivity index (χ1n) is 6.73. The molecule has 0 saturated heterocycles. The molecule has 3 atom stereocenters. The maximum absolute atomic E-state index is 10.8. The summed E-state index contributed by atoms with van der Waals surface area (Å²) in [5, 5.41) is 0. The molecule has 2 bridgehead atoms. The minimum Gasteiger partial charge on any atom is -0.298 e. The molecule has 3 unspecified atom stereocenters. The van der Waals surface area contributed by atoms with E-state index < -0.39 is 0 Å². The molecule has 0 N–H and O–H groups in total. The minimum absolute atomic E-state index is 0.501. The first kappa shape index (κ1) is 11.9. The van der Waals surface area contributed by atoms with Crippen molar-refractivity contribution in [1.82, 2.24) is 0 Å². The summed E-state index contributed by atoms with van der Waals surface area (Å²) in [5.74, 6) is 2.69. The average Bonchev–Trinajstić information content (AvgIpc) is 2.80. The van der Waals surface area contributed by atoms with Gasteiger partial charge in [-0.3, -0.25) is 4.79 Å². The van der Waals surface area contributed by atoms with Crippen molar-refractivity contribution in [2.24, 2.45) is 23.2 Å². The third-order valence-corrected chi connectivity index (χ3v) is 5.24. The van der Waals surface area contributed by atoms with Crippen LogP contribution in [0, 0.1) is 23.2 Å². The molecule has 0 radical (unpaired) electrons. The van der Waals surface area contributed by atoms with Crippen LogP contribution in [0.5, 0.6) is 0 Å². The van der Waals surface area contributed by atoms with Gasteiger partial charge in [-0.25, -0.2) is 0 Å². The maximum atomic E-state index is 10.8. The third-order valence-electron chi connectivity index (χ3n) is 5.24. The smallest absolute Gasteiger partial charge is 0.145 e. The fourth-order valence-corrected chi connectivity index (χ4v) is 4.02. The molecular weight excluding hydrogens is 196 g/mol. The number of rotatable bonds is 4. The SMILES string of the molecule is CC/C(C=O)=C\CC1C2CCC(C2)C1(C)C. The van der Waals surface area contributed by atoms with Crippen LogP contribution >= 0.6 is 0 Å². The summed E-state index contributed by atoms with van der Waals surface area (Å²) in [6.07, 6.45) is 9.52. The van der Waals surface area contributed by atoms with E-state index in [1.54, 1.807) is 0 Å². The Morgan fingerprint density at radius 3 is 2.62 bits per heavy atom. The van der Waals surface area contributed by atoms with Gasteiger partial charge in [-0.15, -0.1) is 0 Å². The van der Waals surface area contributed by atoms with Gasteiger partial charge in [0.05, 0.1) is 0 Å². The lowest BCUT2D eigenvalue weighted by Gasteiger charge is -2.38. The summed E-state index contributed by atoms with van der Waals surface area (Å²) in [7, 11) is 0. The van der Waals surface area contributed by atoms with Gasteiger partial charge in [0.1, 0.15) is 6.29 Å². The molecule has 2 aliphatic rings. The van der Waals surface area contributed by atoms with E-state index in [0.29, 0.717) is 5.41 Å². The van der Waals surface area contributed by atoms with Gasteiger partial charge in [-0.05, 0) is 60.8 Å². The molecule has 0 aromatic rings. The van der Waals surface area contributed by atoms with Crippen molar-refractivity contribution < 1.29 is 4.79 Å². The molecule has 1 heteroatoms. The molecule has 0 heterocycles. The predicted molar refractivity (Wildman–Crippen MR) is 67.2 cm³/mol. The average molecular weight is 220 g/mol. The van der Waals surface area contributed by atoms with Crippen molar-refractivity contribution in [3.63, 3.8) is 0 Å². The largest absolute Gasteiger partial charge is 0.298 e. The van der Waals surface area contributed by atoms with Crippen molar-refractivity contribution in [3.8, 4) is 0 Å². The van der Waals surface area contributed by atoms with Crippen molar-refractivity contribution in [1.29, 1.82) is 0 Å². The molecule has 0 aliphatic heterocycles. The van der Waals surface area contributed by atoms with Gasteiger partial charge < -0.3 is 0 Å². The molecule has 2 rings (SSSR count). The van der Waals surface area contributed by atoms with Gasteiger partial charge in [-0.2, -0.15) is 0 Å². The second-order valence-electron chi connectivity index (χ2n) is 6.18. The Labute approximate surface area is 99.3 Å². The minimum atomic E-state index is 0.501. The highest BCUT2D eigenvalue weighted by Gasteiger charge is 2.51. The van der Waals surface area contributed by atoms with Gasteiger partial charge in [0, 0.05) is 0 Å². The fraction of sp³-hybridized carbons (Fsp3) is 0.800. The van der Waals surface area contributed by atoms with Gasteiger partial charge in [0.15, 0.2) is 0 Å².